The Morgan fingerprint density at radius 2 is 2.21 bits per heavy atom. The minimum Gasteiger partial charge on any atom is -0.480 e. The van der Waals surface area contributed by atoms with Crippen LogP contribution in [0.5, 0.6) is 0 Å². The van der Waals surface area contributed by atoms with Gasteiger partial charge in [-0.15, -0.1) is 0 Å². The first kappa shape index (κ1) is 13.2. The van der Waals surface area contributed by atoms with Crippen molar-refractivity contribution < 1.29 is 23.5 Å². The number of alkyl halides is 2. The molecule has 0 aliphatic heterocycles. The third kappa shape index (κ3) is 6.64. The van der Waals surface area contributed by atoms with Crippen LogP contribution in [0.15, 0.2) is 0 Å². The van der Waals surface area contributed by atoms with Crippen molar-refractivity contribution in [2.45, 2.75) is 18.9 Å². The van der Waals surface area contributed by atoms with Crippen molar-refractivity contribution in [1.82, 2.24) is 5.32 Å². The molecule has 1 unspecified atom stereocenters. The molecule has 1 atom stereocenters. The fraction of sp³-hybridized carbons (Fsp3) is 0.714. The van der Waals surface area contributed by atoms with Crippen molar-refractivity contribution in [2.75, 3.05) is 11.5 Å². The molecule has 0 radical (unpaired) electrons. The Morgan fingerprint density at radius 1 is 1.57 bits per heavy atom. The summed E-state index contributed by atoms with van der Waals surface area (Å²) < 4.78 is 23.3. The zero-order valence-corrected chi connectivity index (χ0v) is 8.10. The summed E-state index contributed by atoms with van der Waals surface area (Å²) in [4.78, 5) is 20.4. The van der Waals surface area contributed by atoms with Gasteiger partial charge in [0, 0.05) is 0 Å². The van der Waals surface area contributed by atoms with Crippen LogP contribution in [-0.2, 0) is 9.59 Å². The summed E-state index contributed by atoms with van der Waals surface area (Å²) in [6.45, 7) is 0. The molecule has 0 aromatic carbocycles. The van der Waals surface area contributed by atoms with Gasteiger partial charge in [-0.05, 0) is 12.2 Å². The number of hydrogen-bond donors (Lipinski definition) is 2. The number of aliphatic carboxylic acids is 1. The molecule has 4 nitrogen and oxygen atoms in total. The minimum absolute atomic E-state index is 0.144. The molecule has 0 spiro atoms. The van der Waals surface area contributed by atoms with Crippen LogP contribution in [-0.4, -0.2) is 41.5 Å². The van der Waals surface area contributed by atoms with Crippen LogP contribution in [0, 0.1) is 0 Å². The van der Waals surface area contributed by atoms with E-state index in [9.17, 15) is 18.4 Å². The highest BCUT2D eigenvalue weighted by Crippen LogP contribution is 2.09. The summed E-state index contributed by atoms with van der Waals surface area (Å²) in [6, 6.07) is -0.988. The number of carbonyl (C=O) groups is 2. The Balaban J connectivity index is 3.61. The number of rotatable bonds is 8. The maximum Gasteiger partial charge on any atom is 0.326 e. The Morgan fingerprint density at radius 3 is 2.64 bits per heavy atom. The zero-order chi connectivity index (χ0) is 11.0. The van der Waals surface area contributed by atoms with E-state index in [1.807, 2.05) is 0 Å². The molecule has 82 valence electrons. The van der Waals surface area contributed by atoms with Crippen LogP contribution in [0.25, 0.3) is 0 Å². The maximum absolute atomic E-state index is 11.7. The molecule has 0 saturated heterocycles. The fourth-order valence-corrected chi connectivity index (χ4v) is 1.48. The predicted molar refractivity (Wildman–Crippen MR) is 48.6 cm³/mol. The number of carboxylic acid groups (broad SMARTS) is 1. The molecule has 0 saturated carbocycles. The summed E-state index contributed by atoms with van der Waals surface area (Å²) in [7, 11) is 0. The topological polar surface area (TPSA) is 66.4 Å². The van der Waals surface area contributed by atoms with E-state index >= 15 is 0 Å². The van der Waals surface area contributed by atoms with Gasteiger partial charge in [-0.2, -0.15) is 11.8 Å². The third-order valence-corrected chi connectivity index (χ3v) is 2.37. The first-order valence-corrected chi connectivity index (χ1v) is 5.01. The highest BCUT2D eigenvalue weighted by Gasteiger charge is 2.15. The molecule has 0 aliphatic carbocycles. The number of amides is 1. The first-order valence-electron chi connectivity index (χ1n) is 3.86. The summed E-state index contributed by atoms with van der Waals surface area (Å²) in [6.07, 6.45) is -1.95. The lowest BCUT2D eigenvalue weighted by atomic mass is 10.2. The van der Waals surface area contributed by atoms with Gasteiger partial charge >= 0.3 is 5.97 Å². The smallest absolute Gasteiger partial charge is 0.326 e. The Hall–Kier alpha value is -0.850. The molecule has 1 amide bonds. The highest BCUT2D eigenvalue weighted by molar-refractivity contribution is 7.99. The normalized spacial score (nSPS) is 12.5. The summed E-state index contributed by atoms with van der Waals surface area (Å²) in [5.41, 5.74) is 0. The van der Waals surface area contributed by atoms with E-state index in [-0.39, 0.29) is 24.3 Å². The predicted octanol–water partition coefficient (Wildman–Crippen LogP) is 0.574. The van der Waals surface area contributed by atoms with Gasteiger partial charge in [0.25, 0.3) is 0 Å². The second kappa shape index (κ2) is 7.54. The quantitative estimate of drug-likeness (QED) is 0.470. The standard InChI is InChI=1S/C7H11F2NO3S/c8-6(9)3-14-2-1-5(7(12)13)10-4-11/h4-6H,1-3H2,(H,10,11)(H,12,13). The molecule has 0 aliphatic rings. The van der Waals surface area contributed by atoms with E-state index in [1.165, 1.54) is 0 Å². The van der Waals surface area contributed by atoms with E-state index in [1.54, 1.807) is 0 Å². The van der Waals surface area contributed by atoms with Crippen molar-refractivity contribution in [3.63, 3.8) is 0 Å². The van der Waals surface area contributed by atoms with Crippen LogP contribution in [0.4, 0.5) is 8.78 Å². The lowest BCUT2D eigenvalue weighted by Crippen LogP contribution is -2.36. The maximum atomic E-state index is 11.7. The molecule has 14 heavy (non-hydrogen) atoms. The van der Waals surface area contributed by atoms with E-state index < -0.39 is 18.4 Å². The van der Waals surface area contributed by atoms with Crippen LogP contribution in [0.2, 0.25) is 0 Å². The summed E-state index contributed by atoms with van der Waals surface area (Å²) >= 11 is 0.964. The van der Waals surface area contributed by atoms with E-state index in [0.717, 1.165) is 11.8 Å². The van der Waals surface area contributed by atoms with Crippen LogP contribution in [0.3, 0.4) is 0 Å². The SMILES string of the molecule is O=CNC(CCSCC(F)F)C(=O)O. The molecule has 2 N–H and O–H groups in total. The van der Waals surface area contributed by atoms with E-state index in [2.05, 4.69) is 5.32 Å². The van der Waals surface area contributed by atoms with Gasteiger partial charge in [0.1, 0.15) is 6.04 Å². The average Bonchev–Trinajstić information content (AvgIpc) is 2.09. The molecular weight excluding hydrogens is 216 g/mol. The van der Waals surface area contributed by atoms with Gasteiger partial charge in [0.15, 0.2) is 0 Å². The van der Waals surface area contributed by atoms with Gasteiger partial charge in [-0.3, -0.25) is 4.79 Å². The second-order valence-electron chi connectivity index (χ2n) is 2.43. The van der Waals surface area contributed by atoms with Gasteiger partial charge in [0.2, 0.25) is 12.8 Å². The third-order valence-electron chi connectivity index (χ3n) is 1.36. The van der Waals surface area contributed by atoms with Crippen molar-refractivity contribution in [1.29, 1.82) is 0 Å². The average molecular weight is 227 g/mol. The number of halogens is 2. The molecule has 0 bridgehead atoms. The summed E-state index contributed by atoms with van der Waals surface area (Å²) in [5, 5.41) is 10.6. The summed E-state index contributed by atoms with van der Waals surface area (Å²) in [5.74, 6) is -1.19. The number of thioether (sulfide) groups is 1. The number of carboxylic acids is 1. The Bertz CT molecular complexity index is 192. The van der Waals surface area contributed by atoms with Gasteiger partial charge in [-0.1, -0.05) is 0 Å². The van der Waals surface area contributed by atoms with Gasteiger partial charge < -0.3 is 10.4 Å². The molecule has 7 heteroatoms. The van der Waals surface area contributed by atoms with Gasteiger partial charge in [-0.25, -0.2) is 13.6 Å². The van der Waals surface area contributed by atoms with E-state index in [4.69, 9.17) is 5.11 Å². The second-order valence-corrected chi connectivity index (χ2v) is 3.58. The lowest BCUT2D eigenvalue weighted by Gasteiger charge is -2.09. The van der Waals surface area contributed by atoms with E-state index in [0.29, 0.717) is 0 Å². The van der Waals surface area contributed by atoms with Crippen LogP contribution >= 0.6 is 11.8 Å². The highest BCUT2D eigenvalue weighted by atomic mass is 32.2. The van der Waals surface area contributed by atoms with Crippen molar-refractivity contribution in [3.8, 4) is 0 Å². The van der Waals surface area contributed by atoms with Gasteiger partial charge in [0.05, 0.1) is 5.75 Å². The minimum atomic E-state index is -2.39. The molecular formula is C7H11F2NO3S. The molecule has 0 aromatic heterocycles. The number of hydrogen-bond acceptors (Lipinski definition) is 3. The van der Waals surface area contributed by atoms with Crippen LogP contribution in [0.1, 0.15) is 6.42 Å². The molecule has 0 rings (SSSR count). The Kier molecular flexibility index (Phi) is 7.09. The monoisotopic (exact) mass is 227 g/mol. The molecule has 0 aromatic rings. The zero-order valence-electron chi connectivity index (χ0n) is 7.28. The largest absolute Gasteiger partial charge is 0.480 e. The van der Waals surface area contributed by atoms with Crippen molar-refractivity contribution in [3.05, 3.63) is 0 Å². The first-order chi connectivity index (χ1) is 6.57. The lowest BCUT2D eigenvalue weighted by molar-refractivity contribution is -0.140. The Labute approximate surface area is 84.1 Å². The molecule has 0 heterocycles. The number of nitrogens with one attached hydrogen (secondary N) is 1. The molecule has 0 fully saturated rings. The van der Waals surface area contributed by atoms with Crippen molar-refractivity contribution >= 4 is 24.1 Å². The number of carbonyl (C=O) groups excluding carboxylic acids is 1. The van der Waals surface area contributed by atoms with Crippen molar-refractivity contribution in [2.24, 2.45) is 0 Å². The van der Waals surface area contributed by atoms with Crippen LogP contribution < -0.4 is 5.32 Å². The fourth-order valence-electron chi connectivity index (χ4n) is 0.734.